The minimum Gasteiger partial charge on any atom is -0.494 e. The Kier molecular flexibility index (Phi) is 6.21. The molecule has 5 rings (SSSR count). The van der Waals surface area contributed by atoms with Crippen molar-refractivity contribution < 1.29 is 13.9 Å². The van der Waals surface area contributed by atoms with E-state index in [1.165, 1.54) is 16.7 Å². The van der Waals surface area contributed by atoms with Crippen molar-refractivity contribution in [1.82, 2.24) is 9.88 Å². The molecule has 2 aromatic carbocycles. The molecule has 180 valence electrons. The van der Waals surface area contributed by atoms with E-state index in [2.05, 4.69) is 43.1 Å². The molecule has 1 amide bonds. The zero-order valence-electron chi connectivity index (χ0n) is 20.5. The van der Waals surface area contributed by atoms with Crippen LogP contribution in [0.25, 0.3) is 11.5 Å². The number of aromatic nitrogens is 1. The Balaban J connectivity index is 1.23. The maximum atomic E-state index is 13.2. The summed E-state index contributed by atoms with van der Waals surface area (Å²) in [5.41, 5.74) is 4.83. The number of amides is 1. The molecule has 0 bridgehead atoms. The first-order valence-corrected chi connectivity index (χ1v) is 12.2. The first-order chi connectivity index (χ1) is 17.0. The number of carbonyl (C=O) groups is 1. The number of anilines is 1. The van der Waals surface area contributed by atoms with E-state index in [0.29, 0.717) is 50.5 Å². The fraction of sp³-hybridized carbons (Fsp3) is 0.393. The molecule has 1 aliphatic heterocycles. The van der Waals surface area contributed by atoms with E-state index in [9.17, 15) is 10.1 Å². The summed E-state index contributed by atoms with van der Waals surface area (Å²) in [6.45, 7) is 9.19. The third kappa shape index (κ3) is 4.74. The van der Waals surface area contributed by atoms with Crippen molar-refractivity contribution in [2.24, 2.45) is 5.92 Å². The SMILES string of the molecule is CCOc1ccc(-c2nc(C#N)c(N3CCN(C(=O)C4CC4c4cc(C)cc(C)c4)CC3)o2)cc1. The molecule has 1 saturated carbocycles. The highest BCUT2D eigenvalue weighted by atomic mass is 16.5. The van der Waals surface area contributed by atoms with Gasteiger partial charge in [-0.25, -0.2) is 0 Å². The summed E-state index contributed by atoms with van der Waals surface area (Å²) < 4.78 is 11.5. The zero-order chi connectivity index (χ0) is 24.5. The van der Waals surface area contributed by atoms with Gasteiger partial charge in [0.2, 0.25) is 23.4 Å². The van der Waals surface area contributed by atoms with Crippen molar-refractivity contribution in [2.45, 2.75) is 33.1 Å². The molecular formula is C28H30N4O3. The van der Waals surface area contributed by atoms with Crippen LogP contribution in [0.4, 0.5) is 5.88 Å². The molecular weight excluding hydrogens is 440 g/mol. The molecule has 1 aliphatic carbocycles. The Morgan fingerprint density at radius 3 is 2.43 bits per heavy atom. The van der Waals surface area contributed by atoms with Crippen molar-refractivity contribution >= 4 is 11.8 Å². The number of carbonyl (C=O) groups excluding carboxylic acids is 1. The van der Waals surface area contributed by atoms with Gasteiger partial charge in [0.05, 0.1) is 6.61 Å². The van der Waals surface area contributed by atoms with Gasteiger partial charge in [0.25, 0.3) is 0 Å². The average molecular weight is 471 g/mol. The summed E-state index contributed by atoms with van der Waals surface area (Å²) >= 11 is 0. The lowest BCUT2D eigenvalue weighted by molar-refractivity contribution is -0.133. The molecule has 0 spiro atoms. The van der Waals surface area contributed by atoms with E-state index in [0.717, 1.165) is 17.7 Å². The lowest BCUT2D eigenvalue weighted by atomic mass is 10.0. The molecule has 1 aromatic heterocycles. The van der Waals surface area contributed by atoms with Crippen LogP contribution in [0.5, 0.6) is 5.75 Å². The third-order valence-corrected chi connectivity index (χ3v) is 6.79. The lowest BCUT2D eigenvalue weighted by Crippen LogP contribution is -2.49. The highest BCUT2D eigenvalue weighted by Crippen LogP contribution is 2.49. The van der Waals surface area contributed by atoms with Crippen molar-refractivity contribution in [2.75, 3.05) is 37.7 Å². The topological polar surface area (TPSA) is 82.6 Å². The average Bonchev–Trinajstić information content (AvgIpc) is 3.55. The fourth-order valence-corrected chi connectivity index (χ4v) is 5.01. The largest absolute Gasteiger partial charge is 0.494 e. The maximum absolute atomic E-state index is 13.2. The van der Waals surface area contributed by atoms with Crippen LogP contribution in [0.2, 0.25) is 0 Å². The third-order valence-electron chi connectivity index (χ3n) is 6.79. The first-order valence-electron chi connectivity index (χ1n) is 12.2. The van der Waals surface area contributed by atoms with Crippen LogP contribution in [-0.2, 0) is 4.79 Å². The number of rotatable bonds is 6. The smallest absolute Gasteiger partial charge is 0.235 e. The number of hydrogen-bond acceptors (Lipinski definition) is 6. The molecule has 0 N–H and O–H groups in total. The maximum Gasteiger partial charge on any atom is 0.235 e. The zero-order valence-corrected chi connectivity index (χ0v) is 20.5. The number of nitrogens with zero attached hydrogens (tertiary/aromatic N) is 4. The molecule has 2 unspecified atom stereocenters. The molecule has 7 heteroatoms. The highest BCUT2D eigenvalue weighted by molar-refractivity contribution is 5.83. The second-order valence-corrected chi connectivity index (χ2v) is 9.42. The van der Waals surface area contributed by atoms with Crippen LogP contribution in [0.1, 0.15) is 41.6 Å². The molecule has 2 atom stereocenters. The number of ether oxygens (including phenoxy) is 1. The van der Waals surface area contributed by atoms with Gasteiger partial charge in [0, 0.05) is 37.7 Å². The summed E-state index contributed by atoms with van der Waals surface area (Å²) in [4.78, 5) is 21.5. The van der Waals surface area contributed by atoms with Crippen LogP contribution >= 0.6 is 0 Å². The molecule has 3 aromatic rings. The van der Waals surface area contributed by atoms with E-state index in [1.54, 1.807) is 0 Å². The van der Waals surface area contributed by atoms with E-state index >= 15 is 0 Å². The Morgan fingerprint density at radius 1 is 1.11 bits per heavy atom. The Morgan fingerprint density at radius 2 is 1.80 bits per heavy atom. The lowest BCUT2D eigenvalue weighted by Gasteiger charge is -2.34. The van der Waals surface area contributed by atoms with Crippen molar-refractivity contribution in [3.8, 4) is 23.3 Å². The van der Waals surface area contributed by atoms with Crippen LogP contribution < -0.4 is 9.64 Å². The van der Waals surface area contributed by atoms with Gasteiger partial charge in [0.1, 0.15) is 11.8 Å². The van der Waals surface area contributed by atoms with Gasteiger partial charge >= 0.3 is 0 Å². The second kappa shape index (κ2) is 9.46. The number of oxazole rings is 1. The predicted octanol–water partition coefficient (Wildman–Crippen LogP) is 4.68. The predicted molar refractivity (Wildman–Crippen MR) is 133 cm³/mol. The van der Waals surface area contributed by atoms with E-state index < -0.39 is 0 Å². The standard InChI is InChI=1S/C28H30N4O3/c1-4-34-22-7-5-20(6-8-22)26-30-25(17-29)28(35-26)32-11-9-31(10-12-32)27(33)24-16-23(24)21-14-18(2)13-19(3)15-21/h5-8,13-15,23-24H,4,9-12,16H2,1-3H3. The molecule has 2 fully saturated rings. The molecule has 2 aliphatic rings. The fourth-order valence-electron chi connectivity index (χ4n) is 5.01. The van der Waals surface area contributed by atoms with E-state index in [4.69, 9.17) is 9.15 Å². The van der Waals surface area contributed by atoms with Crippen LogP contribution in [0, 0.1) is 31.1 Å². The summed E-state index contributed by atoms with van der Waals surface area (Å²) in [5, 5.41) is 9.64. The molecule has 2 heterocycles. The van der Waals surface area contributed by atoms with Crippen molar-refractivity contribution in [3.63, 3.8) is 0 Å². The van der Waals surface area contributed by atoms with Crippen molar-refractivity contribution in [3.05, 3.63) is 64.8 Å². The molecule has 35 heavy (non-hydrogen) atoms. The van der Waals surface area contributed by atoms with Gasteiger partial charge in [-0.05, 0) is 62.9 Å². The quantitative estimate of drug-likeness (QED) is 0.520. The molecule has 1 saturated heterocycles. The molecule has 0 radical (unpaired) electrons. The number of aryl methyl sites for hydroxylation is 2. The van der Waals surface area contributed by atoms with E-state index in [-0.39, 0.29) is 17.5 Å². The minimum absolute atomic E-state index is 0.0777. The van der Waals surface area contributed by atoms with Gasteiger partial charge < -0.3 is 19.0 Å². The first kappa shape index (κ1) is 23.0. The monoisotopic (exact) mass is 470 g/mol. The molecule has 7 nitrogen and oxygen atoms in total. The van der Waals surface area contributed by atoms with Gasteiger partial charge in [-0.2, -0.15) is 10.2 Å². The number of piperazine rings is 1. The van der Waals surface area contributed by atoms with Crippen LogP contribution in [0.3, 0.4) is 0 Å². The minimum atomic E-state index is 0.0777. The van der Waals surface area contributed by atoms with Gasteiger partial charge in [-0.15, -0.1) is 0 Å². The van der Waals surface area contributed by atoms with Gasteiger partial charge in [-0.1, -0.05) is 29.3 Å². The number of benzene rings is 2. The van der Waals surface area contributed by atoms with Gasteiger partial charge in [-0.3, -0.25) is 4.79 Å². The highest BCUT2D eigenvalue weighted by Gasteiger charge is 2.46. The Bertz CT molecular complexity index is 1250. The van der Waals surface area contributed by atoms with E-state index in [1.807, 2.05) is 41.0 Å². The van der Waals surface area contributed by atoms with Crippen LogP contribution in [0.15, 0.2) is 46.9 Å². The Hall–Kier alpha value is -3.79. The number of nitriles is 1. The van der Waals surface area contributed by atoms with Crippen LogP contribution in [-0.4, -0.2) is 48.6 Å². The number of hydrogen-bond donors (Lipinski definition) is 0. The van der Waals surface area contributed by atoms with Gasteiger partial charge in [0.15, 0.2) is 0 Å². The second-order valence-electron chi connectivity index (χ2n) is 9.42. The normalized spacial score (nSPS) is 19.4. The Labute approximate surface area is 205 Å². The summed E-state index contributed by atoms with van der Waals surface area (Å²) in [5.74, 6) is 2.31. The summed E-state index contributed by atoms with van der Waals surface area (Å²) in [6.07, 6.45) is 0.925. The summed E-state index contributed by atoms with van der Waals surface area (Å²) in [6, 6.07) is 16.2. The van der Waals surface area contributed by atoms with Crippen molar-refractivity contribution in [1.29, 1.82) is 5.26 Å². The summed E-state index contributed by atoms with van der Waals surface area (Å²) in [7, 11) is 0.